The molecular formula is C9H10FN3. The van der Waals surface area contributed by atoms with Gasteiger partial charge in [-0.15, -0.1) is 0 Å². The van der Waals surface area contributed by atoms with Crippen molar-refractivity contribution in [3.8, 4) is 6.07 Å². The number of nitrogens with zero attached hydrogens (tertiary/aromatic N) is 2. The summed E-state index contributed by atoms with van der Waals surface area (Å²) in [6.45, 7) is 0. The molecule has 4 heteroatoms. The predicted molar refractivity (Wildman–Crippen MR) is 48.4 cm³/mol. The van der Waals surface area contributed by atoms with Crippen LogP contribution in [0.5, 0.6) is 0 Å². The molecule has 3 nitrogen and oxygen atoms in total. The molecule has 0 aromatic heterocycles. The van der Waals surface area contributed by atoms with Crippen molar-refractivity contribution in [2.45, 2.75) is 0 Å². The Bertz CT molecular complexity index is 341. The van der Waals surface area contributed by atoms with E-state index in [1.807, 2.05) is 6.07 Å². The monoisotopic (exact) mass is 179 g/mol. The van der Waals surface area contributed by atoms with E-state index < -0.39 is 5.82 Å². The van der Waals surface area contributed by atoms with Crippen molar-refractivity contribution >= 4 is 5.69 Å². The maximum atomic E-state index is 12.9. The lowest BCUT2D eigenvalue weighted by Gasteiger charge is -2.13. The Morgan fingerprint density at radius 3 is 2.62 bits per heavy atom. The van der Waals surface area contributed by atoms with Crippen molar-refractivity contribution in [1.82, 2.24) is 5.01 Å². The van der Waals surface area contributed by atoms with Gasteiger partial charge in [-0.2, -0.15) is 5.26 Å². The van der Waals surface area contributed by atoms with Gasteiger partial charge in [-0.1, -0.05) is 0 Å². The Labute approximate surface area is 76.4 Å². The van der Waals surface area contributed by atoms with E-state index in [-0.39, 0.29) is 0 Å². The fourth-order valence-electron chi connectivity index (χ4n) is 0.977. The number of nitriles is 1. The van der Waals surface area contributed by atoms with Gasteiger partial charge in [0.15, 0.2) is 0 Å². The Morgan fingerprint density at radius 2 is 2.08 bits per heavy atom. The van der Waals surface area contributed by atoms with Crippen LogP contribution >= 0.6 is 0 Å². The molecular weight excluding hydrogens is 169 g/mol. The summed E-state index contributed by atoms with van der Waals surface area (Å²) in [4.78, 5) is 0. The Balaban J connectivity index is 2.96. The van der Waals surface area contributed by atoms with E-state index in [0.717, 1.165) is 0 Å². The highest BCUT2D eigenvalue weighted by atomic mass is 19.1. The number of hydrogen-bond acceptors (Lipinski definition) is 3. The van der Waals surface area contributed by atoms with Gasteiger partial charge in [0.05, 0.1) is 17.3 Å². The van der Waals surface area contributed by atoms with Crippen LogP contribution < -0.4 is 5.43 Å². The highest BCUT2D eigenvalue weighted by molar-refractivity contribution is 5.48. The zero-order chi connectivity index (χ0) is 9.84. The molecule has 0 aliphatic carbocycles. The number of halogens is 1. The molecule has 0 unspecified atom stereocenters. The minimum absolute atomic E-state index is 0.310. The van der Waals surface area contributed by atoms with Gasteiger partial charge in [0.25, 0.3) is 0 Å². The average molecular weight is 179 g/mol. The lowest BCUT2D eigenvalue weighted by molar-refractivity contribution is 0.494. The van der Waals surface area contributed by atoms with Crippen LogP contribution in [0.1, 0.15) is 5.56 Å². The molecule has 1 aromatic carbocycles. The first-order valence-electron chi connectivity index (χ1n) is 3.76. The Kier molecular flexibility index (Phi) is 2.83. The predicted octanol–water partition coefficient (Wildman–Crippen LogP) is 1.59. The summed E-state index contributed by atoms with van der Waals surface area (Å²) in [6, 6.07) is 6.00. The third kappa shape index (κ3) is 2.73. The molecule has 0 bridgehead atoms. The van der Waals surface area contributed by atoms with Gasteiger partial charge in [0.2, 0.25) is 0 Å². The molecule has 0 atom stereocenters. The highest BCUT2D eigenvalue weighted by Crippen LogP contribution is 2.13. The summed E-state index contributed by atoms with van der Waals surface area (Å²) < 4.78 is 12.9. The van der Waals surface area contributed by atoms with Crippen molar-refractivity contribution in [2.24, 2.45) is 0 Å². The molecule has 0 saturated heterocycles. The van der Waals surface area contributed by atoms with Gasteiger partial charge < -0.3 is 5.43 Å². The molecule has 0 radical (unpaired) electrons. The Hall–Kier alpha value is -1.60. The van der Waals surface area contributed by atoms with E-state index >= 15 is 0 Å². The van der Waals surface area contributed by atoms with Gasteiger partial charge >= 0.3 is 0 Å². The Morgan fingerprint density at radius 1 is 1.38 bits per heavy atom. The highest BCUT2D eigenvalue weighted by Gasteiger charge is 2.00. The van der Waals surface area contributed by atoms with Crippen molar-refractivity contribution in [2.75, 3.05) is 19.5 Å². The molecule has 68 valence electrons. The van der Waals surface area contributed by atoms with Gasteiger partial charge in [0, 0.05) is 14.1 Å². The fraction of sp³-hybridized carbons (Fsp3) is 0.222. The standard InChI is InChI=1S/C9H10FN3/c1-13(2)12-9-4-7(6-11)3-8(10)5-9/h3-5,12H,1-2H3. The first kappa shape index (κ1) is 9.49. The molecule has 0 amide bonds. The van der Waals surface area contributed by atoms with Crippen molar-refractivity contribution in [1.29, 1.82) is 5.26 Å². The third-order valence-electron chi connectivity index (χ3n) is 1.38. The van der Waals surface area contributed by atoms with E-state index in [1.165, 1.54) is 12.1 Å². The summed E-state index contributed by atoms with van der Waals surface area (Å²) in [5.41, 5.74) is 3.74. The second-order valence-corrected chi connectivity index (χ2v) is 2.85. The molecule has 1 aromatic rings. The van der Waals surface area contributed by atoms with Crippen LogP contribution in [0, 0.1) is 17.1 Å². The van der Waals surface area contributed by atoms with Gasteiger partial charge in [0.1, 0.15) is 5.82 Å². The van der Waals surface area contributed by atoms with Crippen LogP contribution in [0.4, 0.5) is 10.1 Å². The first-order valence-corrected chi connectivity index (χ1v) is 3.76. The van der Waals surface area contributed by atoms with Crippen LogP contribution in [-0.4, -0.2) is 19.1 Å². The zero-order valence-electron chi connectivity index (χ0n) is 7.50. The molecule has 13 heavy (non-hydrogen) atoms. The topological polar surface area (TPSA) is 39.1 Å². The van der Waals surface area contributed by atoms with E-state index in [0.29, 0.717) is 11.3 Å². The van der Waals surface area contributed by atoms with Crippen LogP contribution in [-0.2, 0) is 0 Å². The summed E-state index contributed by atoms with van der Waals surface area (Å²) >= 11 is 0. The molecule has 0 heterocycles. The zero-order valence-corrected chi connectivity index (χ0v) is 7.50. The first-order chi connectivity index (χ1) is 6.11. The summed E-state index contributed by atoms with van der Waals surface area (Å²) in [7, 11) is 3.58. The van der Waals surface area contributed by atoms with E-state index in [1.54, 1.807) is 25.2 Å². The van der Waals surface area contributed by atoms with Crippen molar-refractivity contribution in [3.05, 3.63) is 29.6 Å². The number of benzene rings is 1. The van der Waals surface area contributed by atoms with E-state index in [9.17, 15) is 4.39 Å². The van der Waals surface area contributed by atoms with Crippen LogP contribution in [0.15, 0.2) is 18.2 Å². The molecule has 1 rings (SSSR count). The average Bonchev–Trinajstić information content (AvgIpc) is 2.01. The summed E-state index contributed by atoms with van der Waals surface area (Å²) in [6.07, 6.45) is 0. The third-order valence-corrected chi connectivity index (χ3v) is 1.38. The summed E-state index contributed by atoms with van der Waals surface area (Å²) in [5.74, 6) is -0.414. The van der Waals surface area contributed by atoms with E-state index in [4.69, 9.17) is 5.26 Å². The number of hydrazine groups is 1. The lowest BCUT2D eigenvalue weighted by atomic mass is 10.2. The smallest absolute Gasteiger partial charge is 0.126 e. The van der Waals surface area contributed by atoms with Gasteiger partial charge in [-0.3, -0.25) is 0 Å². The fourth-order valence-corrected chi connectivity index (χ4v) is 0.977. The van der Waals surface area contributed by atoms with E-state index in [2.05, 4.69) is 5.43 Å². The maximum absolute atomic E-state index is 12.9. The molecule has 0 fully saturated rings. The van der Waals surface area contributed by atoms with Crippen LogP contribution in [0.25, 0.3) is 0 Å². The second-order valence-electron chi connectivity index (χ2n) is 2.85. The molecule has 0 spiro atoms. The number of hydrogen-bond donors (Lipinski definition) is 1. The second kappa shape index (κ2) is 3.87. The van der Waals surface area contributed by atoms with Crippen molar-refractivity contribution in [3.63, 3.8) is 0 Å². The minimum Gasteiger partial charge on any atom is -0.319 e. The van der Waals surface area contributed by atoms with Crippen LogP contribution in [0.3, 0.4) is 0 Å². The molecule has 0 saturated carbocycles. The molecule has 0 aliphatic rings. The summed E-state index contributed by atoms with van der Waals surface area (Å²) in [5, 5.41) is 10.2. The largest absolute Gasteiger partial charge is 0.319 e. The van der Waals surface area contributed by atoms with Gasteiger partial charge in [-0.05, 0) is 18.2 Å². The number of anilines is 1. The molecule has 0 aliphatic heterocycles. The number of nitrogens with one attached hydrogen (secondary N) is 1. The number of rotatable bonds is 2. The normalized spacial score (nSPS) is 9.77. The van der Waals surface area contributed by atoms with Crippen molar-refractivity contribution < 1.29 is 4.39 Å². The molecule has 1 N–H and O–H groups in total. The lowest BCUT2D eigenvalue weighted by Crippen LogP contribution is -2.19. The minimum atomic E-state index is -0.414. The SMILES string of the molecule is CN(C)Nc1cc(F)cc(C#N)c1. The maximum Gasteiger partial charge on any atom is 0.126 e. The van der Waals surface area contributed by atoms with Gasteiger partial charge in [-0.25, -0.2) is 9.40 Å². The van der Waals surface area contributed by atoms with Crippen LogP contribution in [0.2, 0.25) is 0 Å². The quantitative estimate of drug-likeness (QED) is 0.700.